The normalized spacial score (nSPS) is 13.3. The number of nitrogens with one attached hydrogen (secondary N) is 2. The van der Waals surface area contributed by atoms with E-state index in [1.807, 2.05) is 24.3 Å². The van der Waals surface area contributed by atoms with Gasteiger partial charge in [0.25, 0.3) is 11.8 Å². The number of carbonyl (C=O) groups is 3. The largest absolute Gasteiger partial charge is 0.466 e. The minimum atomic E-state index is -0.425. The molecule has 1 fully saturated rings. The molecule has 3 aromatic rings. The zero-order valence-corrected chi connectivity index (χ0v) is 20.4. The predicted octanol–water partition coefficient (Wildman–Crippen LogP) is 4.76. The second kappa shape index (κ2) is 11.9. The zero-order valence-electron chi connectivity index (χ0n) is 20.4. The molecule has 0 radical (unpaired) electrons. The molecule has 0 aromatic heterocycles. The van der Waals surface area contributed by atoms with Gasteiger partial charge in [0.1, 0.15) is 5.82 Å². The van der Waals surface area contributed by atoms with Crippen molar-refractivity contribution in [2.45, 2.75) is 25.4 Å². The van der Waals surface area contributed by atoms with E-state index < -0.39 is 5.97 Å². The van der Waals surface area contributed by atoms with Gasteiger partial charge in [0.15, 0.2) is 0 Å². The first kappa shape index (κ1) is 25.6. The molecular weight excluding hydrogens is 471 g/mol. The van der Waals surface area contributed by atoms with Crippen LogP contribution in [0.15, 0.2) is 78.9 Å². The Kier molecular flexibility index (Phi) is 8.26. The van der Waals surface area contributed by atoms with Crippen molar-refractivity contribution in [1.29, 1.82) is 0 Å². The van der Waals surface area contributed by atoms with E-state index in [9.17, 15) is 18.8 Å². The third kappa shape index (κ3) is 7.48. The molecule has 37 heavy (non-hydrogen) atoms. The summed E-state index contributed by atoms with van der Waals surface area (Å²) < 4.78 is 18.0. The maximum atomic E-state index is 13.4. The van der Waals surface area contributed by atoms with Gasteiger partial charge >= 0.3 is 5.97 Å². The van der Waals surface area contributed by atoms with Crippen LogP contribution >= 0.6 is 0 Å². The summed E-state index contributed by atoms with van der Waals surface area (Å²) in [4.78, 5) is 36.6. The van der Waals surface area contributed by atoms with E-state index in [4.69, 9.17) is 0 Å². The highest BCUT2D eigenvalue weighted by Crippen LogP contribution is 2.24. The minimum Gasteiger partial charge on any atom is -0.466 e. The molecule has 0 unspecified atom stereocenters. The molecule has 3 aromatic carbocycles. The first-order valence-electron chi connectivity index (χ1n) is 11.9. The van der Waals surface area contributed by atoms with Gasteiger partial charge in [-0.05, 0) is 71.5 Å². The molecule has 1 saturated carbocycles. The molecule has 4 rings (SSSR count). The highest BCUT2D eigenvalue weighted by Gasteiger charge is 2.25. The molecule has 2 N–H and O–H groups in total. The average molecular weight is 499 g/mol. The van der Waals surface area contributed by atoms with Crippen LogP contribution < -0.4 is 10.6 Å². The van der Waals surface area contributed by atoms with Crippen LogP contribution in [0.25, 0.3) is 17.7 Å². The molecule has 0 spiro atoms. The lowest BCUT2D eigenvalue weighted by Crippen LogP contribution is -2.26. The Morgan fingerprint density at radius 3 is 2.14 bits per heavy atom. The molecule has 0 saturated heterocycles. The molecule has 1 aliphatic rings. The van der Waals surface area contributed by atoms with Crippen LogP contribution in [0.3, 0.4) is 0 Å². The molecule has 0 aliphatic heterocycles. The summed E-state index contributed by atoms with van der Waals surface area (Å²) in [6.45, 7) is 0.345. The van der Waals surface area contributed by atoms with Crippen LogP contribution in [0.5, 0.6) is 0 Å². The second-order valence-electron chi connectivity index (χ2n) is 8.72. The van der Waals surface area contributed by atoms with E-state index in [0.29, 0.717) is 23.2 Å². The van der Waals surface area contributed by atoms with Crippen LogP contribution in [-0.2, 0) is 20.9 Å². The van der Waals surface area contributed by atoms with Gasteiger partial charge in [-0.25, -0.2) is 9.18 Å². The van der Waals surface area contributed by atoms with Crippen LogP contribution in [0.4, 0.5) is 4.39 Å². The third-order valence-corrected chi connectivity index (χ3v) is 5.84. The minimum absolute atomic E-state index is 0.190. The SMILES string of the molecule is COC(=O)/C=C/c1ccc(CNC(=O)c2ccc(/C=C(/C(=O)NC3CC3)c3ccc(F)cc3)cc2)cc1. The summed E-state index contributed by atoms with van der Waals surface area (Å²) in [5.41, 5.74) is 4.05. The highest BCUT2D eigenvalue weighted by molar-refractivity contribution is 6.24. The standard InChI is InChI=1S/C30H27FN2O4/c1-37-28(34)17-8-20-2-4-22(5-3-20)19-32-29(35)24-9-6-21(7-10-24)18-27(30(36)33-26-15-16-26)23-11-13-25(31)14-12-23/h2-14,17-18,26H,15-16,19H2,1H3,(H,32,35)(H,33,36)/b17-8+,27-18+. The number of halogens is 1. The first-order chi connectivity index (χ1) is 17.9. The number of benzene rings is 3. The summed E-state index contributed by atoms with van der Waals surface area (Å²) in [5.74, 6) is -1.23. The molecule has 2 amide bonds. The molecule has 0 heterocycles. The summed E-state index contributed by atoms with van der Waals surface area (Å²) in [6, 6.07) is 20.4. The Morgan fingerprint density at radius 1 is 0.892 bits per heavy atom. The Morgan fingerprint density at radius 2 is 1.51 bits per heavy atom. The topological polar surface area (TPSA) is 84.5 Å². The number of rotatable bonds is 9. The smallest absolute Gasteiger partial charge is 0.330 e. The maximum absolute atomic E-state index is 13.4. The second-order valence-corrected chi connectivity index (χ2v) is 8.72. The van der Waals surface area contributed by atoms with Gasteiger partial charge in [-0.3, -0.25) is 9.59 Å². The van der Waals surface area contributed by atoms with E-state index in [-0.39, 0.29) is 23.7 Å². The number of carbonyl (C=O) groups excluding carboxylic acids is 3. The van der Waals surface area contributed by atoms with Gasteiger partial charge in [0.05, 0.1) is 7.11 Å². The fourth-order valence-corrected chi connectivity index (χ4v) is 3.56. The zero-order chi connectivity index (χ0) is 26.2. The van der Waals surface area contributed by atoms with Crippen molar-refractivity contribution < 1.29 is 23.5 Å². The van der Waals surface area contributed by atoms with E-state index in [2.05, 4.69) is 15.4 Å². The maximum Gasteiger partial charge on any atom is 0.330 e. The van der Waals surface area contributed by atoms with Crippen molar-refractivity contribution in [1.82, 2.24) is 10.6 Å². The Bertz CT molecular complexity index is 1320. The van der Waals surface area contributed by atoms with Crippen LogP contribution in [0.1, 0.15) is 45.5 Å². The van der Waals surface area contributed by atoms with Crippen LogP contribution in [0.2, 0.25) is 0 Å². The fourth-order valence-electron chi connectivity index (χ4n) is 3.56. The molecule has 1 aliphatic carbocycles. The van der Waals surface area contributed by atoms with E-state index in [1.54, 1.807) is 48.6 Å². The van der Waals surface area contributed by atoms with Crippen molar-refractivity contribution in [2.24, 2.45) is 0 Å². The van der Waals surface area contributed by atoms with Gasteiger partial charge in [0, 0.05) is 29.8 Å². The van der Waals surface area contributed by atoms with Gasteiger partial charge in [-0.15, -0.1) is 0 Å². The highest BCUT2D eigenvalue weighted by atomic mass is 19.1. The lowest BCUT2D eigenvalue weighted by atomic mass is 10.0. The molecule has 7 heteroatoms. The van der Waals surface area contributed by atoms with Gasteiger partial charge in [-0.1, -0.05) is 48.5 Å². The number of ether oxygens (including phenoxy) is 1. The number of hydrogen-bond acceptors (Lipinski definition) is 4. The van der Waals surface area contributed by atoms with Crippen molar-refractivity contribution >= 4 is 35.5 Å². The predicted molar refractivity (Wildman–Crippen MR) is 141 cm³/mol. The quantitative estimate of drug-likeness (QED) is 0.253. The van der Waals surface area contributed by atoms with Gasteiger partial charge in [0.2, 0.25) is 0 Å². The molecule has 0 bridgehead atoms. The van der Waals surface area contributed by atoms with E-state index in [0.717, 1.165) is 29.5 Å². The van der Waals surface area contributed by atoms with Crippen molar-refractivity contribution in [3.05, 3.63) is 113 Å². The first-order valence-corrected chi connectivity index (χ1v) is 11.9. The molecule has 188 valence electrons. The van der Waals surface area contributed by atoms with E-state index in [1.165, 1.54) is 25.3 Å². The third-order valence-electron chi connectivity index (χ3n) is 5.84. The van der Waals surface area contributed by atoms with E-state index >= 15 is 0 Å². The van der Waals surface area contributed by atoms with Gasteiger partial charge < -0.3 is 15.4 Å². The monoisotopic (exact) mass is 498 g/mol. The Labute approximate surface area is 214 Å². The van der Waals surface area contributed by atoms with Crippen molar-refractivity contribution in [3.63, 3.8) is 0 Å². The molecule has 0 atom stereocenters. The number of amides is 2. The molecule has 6 nitrogen and oxygen atoms in total. The van der Waals surface area contributed by atoms with Crippen LogP contribution in [-0.4, -0.2) is 30.9 Å². The Balaban J connectivity index is 1.40. The van der Waals surface area contributed by atoms with Gasteiger partial charge in [-0.2, -0.15) is 0 Å². The Hall–Kier alpha value is -4.52. The number of methoxy groups -OCH3 is 1. The van der Waals surface area contributed by atoms with Crippen LogP contribution in [0, 0.1) is 5.82 Å². The van der Waals surface area contributed by atoms with Crippen molar-refractivity contribution in [3.8, 4) is 0 Å². The number of esters is 1. The summed E-state index contributed by atoms with van der Waals surface area (Å²) >= 11 is 0. The van der Waals surface area contributed by atoms with Crippen molar-refractivity contribution in [2.75, 3.05) is 7.11 Å². The summed E-state index contributed by atoms with van der Waals surface area (Å²) in [5, 5.41) is 5.86. The lowest BCUT2D eigenvalue weighted by molar-refractivity contribution is -0.134. The molecular formula is C30H27FN2O4. The average Bonchev–Trinajstić information content (AvgIpc) is 3.74. The summed E-state index contributed by atoms with van der Waals surface area (Å²) in [7, 11) is 1.32. The lowest BCUT2D eigenvalue weighted by Gasteiger charge is -2.10. The summed E-state index contributed by atoms with van der Waals surface area (Å²) in [6.07, 6.45) is 6.66. The number of hydrogen-bond donors (Lipinski definition) is 2. The fraction of sp³-hybridized carbons (Fsp3) is 0.167.